The van der Waals surface area contributed by atoms with Crippen LogP contribution in [0.5, 0.6) is 0 Å². The third-order valence-electron chi connectivity index (χ3n) is 2.80. The van der Waals surface area contributed by atoms with Crippen molar-refractivity contribution >= 4 is 11.5 Å². The molecule has 0 atom stereocenters. The highest BCUT2D eigenvalue weighted by atomic mass is 16.1. The van der Waals surface area contributed by atoms with E-state index in [9.17, 15) is 4.79 Å². The van der Waals surface area contributed by atoms with E-state index in [0.29, 0.717) is 17.1 Å². The Morgan fingerprint density at radius 3 is 2.88 bits per heavy atom. The Labute approximate surface area is 99.3 Å². The Morgan fingerprint density at radius 1 is 1.47 bits per heavy atom. The number of Topliss-reactive ketones (excluding diaryl/α,β-unsaturated/α-hetero) is 1. The van der Waals surface area contributed by atoms with E-state index in [1.165, 1.54) is 6.33 Å². The van der Waals surface area contributed by atoms with E-state index in [0.717, 1.165) is 5.56 Å². The largest absolute Gasteiger partial charge is 0.398 e. The molecule has 0 fully saturated rings. The van der Waals surface area contributed by atoms with Crippen molar-refractivity contribution in [2.45, 2.75) is 13.3 Å². The van der Waals surface area contributed by atoms with Crippen molar-refractivity contribution in [1.82, 2.24) is 14.8 Å². The minimum Gasteiger partial charge on any atom is -0.398 e. The maximum absolute atomic E-state index is 12.1. The lowest BCUT2D eigenvalue weighted by Gasteiger charge is -2.06. The number of ketones is 1. The number of aromatic nitrogens is 3. The van der Waals surface area contributed by atoms with Gasteiger partial charge in [0.15, 0.2) is 5.78 Å². The Hall–Kier alpha value is -2.17. The molecule has 0 aliphatic carbocycles. The number of rotatable bonds is 3. The molecule has 0 aliphatic rings. The zero-order chi connectivity index (χ0) is 12.4. The third-order valence-corrected chi connectivity index (χ3v) is 2.80. The quantitative estimate of drug-likeness (QED) is 0.633. The Morgan fingerprint density at radius 2 is 2.24 bits per heavy atom. The van der Waals surface area contributed by atoms with Crippen LogP contribution in [0.15, 0.2) is 24.5 Å². The van der Waals surface area contributed by atoms with Crippen LogP contribution in [-0.2, 0) is 13.5 Å². The van der Waals surface area contributed by atoms with Crippen LogP contribution in [0.2, 0.25) is 0 Å². The summed E-state index contributed by atoms with van der Waals surface area (Å²) in [7, 11) is 1.77. The van der Waals surface area contributed by atoms with E-state index in [1.807, 2.05) is 6.92 Å². The summed E-state index contributed by atoms with van der Waals surface area (Å²) in [6.45, 7) is 1.85. The molecule has 0 bridgehead atoms. The lowest BCUT2D eigenvalue weighted by Crippen LogP contribution is -2.11. The fourth-order valence-electron chi connectivity index (χ4n) is 1.67. The van der Waals surface area contributed by atoms with E-state index in [-0.39, 0.29) is 12.2 Å². The fraction of sp³-hybridized carbons (Fsp3) is 0.250. The molecule has 5 nitrogen and oxygen atoms in total. The number of nitrogens with two attached hydrogens (primary N) is 1. The average molecular weight is 230 g/mol. The third kappa shape index (κ3) is 2.18. The molecule has 88 valence electrons. The molecule has 1 aromatic carbocycles. The zero-order valence-electron chi connectivity index (χ0n) is 9.84. The van der Waals surface area contributed by atoms with E-state index in [2.05, 4.69) is 10.1 Å². The van der Waals surface area contributed by atoms with Crippen LogP contribution in [0.1, 0.15) is 21.7 Å². The van der Waals surface area contributed by atoms with E-state index in [1.54, 1.807) is 29.9 Å². The first-order valence-electron chi connectivity index (χ1n) is 5.30. The molecule has 0 aliphatic heterocycles. The van der Waals surface area contributed by atoms with Gasteiger partial charge in [0.2, 0.25) is 0 Å². The number of hydrogen-bond donors (Lipinski definition) is 1. The number of benzene rings is 1. The Bertz CT molecular complexity index is 559. The first kappa shape index (κ1) is 11.3. The molecule has 0 spiro atoms. The van der Waals surface area contributed by atoms with Gasteiger partial charge in [0, 0.05) is 18.3 Å². The van der Waals surface area contributed by atoms with Crippen molar-refractivity contribution < 1.29 is 4.79 Å². The van der Waals surface area contributed by atoms with E-state index >= 15 is 0 Å². The van der Waals surface area contributed by atoms with Gasteiger partial charge in [-0.1, -0.05) is 12.1 Å². The van der Waals surface area contributed by atoms with Gasteiger partial charge in [-0.05, 0) is 18.6 Å². The summed E-state index contributed by atoms with van der Waals surface area (Å²) in [6.07, 6.45) is 1.68. The number of carbonyl (C=O) groups excluding carboxylic acids is 1. The average Bonchev–Trinajstić information content (AvgIpc) is 2.68. The lowest BCUT2D eigenvalue weighted by atomic mass is 10.0. The van der Waals surface area contributed by atoms with Crippen LogP contribution in [0.25, 0.3) is 0 Å². The SMILES string of the molecule is Cc1c(N)cccc1C(=O)Cc1ncnn1C. The molecule has 5 heteroatoms. The summed E-state index contributed by atoms with van der Waals surface area (Å²) >= 11 is 0. The van der Waals surface area contributed by atoms with Gasteiger partial charge in [0.05, 0.1) is 6.42 Å². The van der Waals surface area contributed by atoms with Crippen LogP contribution >= 0.6 is 0 Å². The molecule has 1 aromatic heterocycles. The lowest BCUT2D eigenvalue weighted by molar-refractivity contribution is 0.0989. The maximum Gasteiger partial charge on any atom is 0.170 e. The highest BCUT2D eigenvalue weighted by Crippen LogP contribution is 2.17. The molecule has 0 amide bonds. The summed E-state index contributed by atoms with van der Waals surface area (Å²) < 4.78 is 1.60. The van der Waals surface area contributed by atoms with Gasteiger partial charge in [0.1, 0.15) is 12.2 Å². The highest BCUT2D eigenvalue weighted by molar-refractivity contribution is 5.99. The molecule has 0 radical (unpaired) electrons. The van der Waals surface area contributed by atoms with Crippen LogP contribution in [0.4, 0.5) is 5.69 Å². The topological polar surface area (TPSA) is 73.8 Å². The van der Waals surface area contributed by atoms with Gasteiger partial charge < -0.3 is 5.73 Å². The molecule has 2 N–H and O–H groups in total. The van der Waals surface area contributed by atoms with E-state index < -0.39 is 0 Å². The molecule has 1 heterocycles. The predicted molar refractivity (Wildman–Crippen MR) is 64.6 cm³/mol. The molecule has 17 heavy (non-hydrogen) atoms. The van der Waals surface area contributed by atoms with Gasteiger partial charge >= 0.3 is 0 Å². The van der Waals surface area contributed by atoms with Crippen molar-refractivity contribution in [1.29, 1.82) is 0 Å². The Balaban J connectivity index is 2.27. The van der Waals surface area contributed by atoms with Crippen molar-refractivity contribution in [3.05, 3.63) is 41.5 Å². The highest BCUT2D eigenvalue weighted by Gasteiger charge is 2.13. The van der Waals surface area contributed by atoms with Crippen LogP contribution in [-0.4, -0.2) is 20.5 Å². The van der Waals surface area contributed by atoms with Crippen LogP contribution in [0.3, 0.4) is 0 Å². The van der Waals surface area contributed by atoms with Crippen LogP contribution < -0.4 is 5.73 Å². The second kappa shape index (κ2) is 4.37. The Kier molecular flexibility index (Phi) is 2.91. The van der Waals surface area contributed by atoms with Crippen molar-refractivity contribution in [2.24, 2.45) is 7.05 Å². The number of nitrogen functional groups attached to an aromatic ring is 1. The smallest absolute Gasteiger partial charge is 0.170 e. The minimum atomic E-state index is 0.00546. The zero-order valence-corrected chi connectivity index (χ0v) is 9.84. The summed E-state index contributed by atoms with van der Waals surface area (Å²) in [5.74, 6) is 0.655. The molecule has 2 aromatic rings. The molecule has 0 saturated carbocycles. The number of aryl methyl sites for hydroxylation is 1. The van der Waals surface area contributed by atoms with Crippen molar-refractivity contribution in [2.75, 3.05) is 5.73 Å². The first-order chi connectivity index (χ1) is 8.09. The number of nitrogens with zero attached hydrogens (tertiary/aromatic N) is 3. The molecule has 0 unspecified atom stereocenters. The molecule has 2 rings (SSSR count). The van der Waals surface area contributed by atoms with Gasteiger partial charge in [-0.3, -0.25) is 9.48 Å². The summed E-state index contributed by atoms with van der Waals surface area (Å²) in [5.41, 5.74) is 7.87. The first-order valence-corrected chi connectivity index (χ1v) is 5.30. The van der Waals surface area contributed by atoms with Crippen LogP contribution in [0, 0.1) is 6.92 Å². The summed E-state index contributed by atoms with van der Waals surface area (Å²) in [6, 6.07) is 5.35. The fourth-order valence-corrected chi connectivity index (χ4v) is 1.67. The maximum atomic E-state index is 12.1. The number of carbonyl (C=O) groups is 1. The van der Waals surface area contributed by atoms with E-state index in [4.69, 9.17) is 5.73 Å². The summed E-state index contributed by atoms with van der Waals surface area (Å²) in [5, 5.41) is 3.93. The number of anilines is 1. The molecule has 0 saturated heterocycles. The van der Waals surface area contributed by atoms with Crippen molar-refractivity contribution in [3.8, 4) is 0 Å². The van der Waals surface area contributed by atoms with Gasteiger partial charge in [-0.2, -0.15) is 5.10 Å². The van der Waals surface area contributed by atoms with Gasteiger partial charge in [-0.15, -0.1) is 0 Å². The monoisotopic (exact) mass is 230 g/mol. The second-order valence-electron chi connectivity index (χ2n) is 3.92. The predicted octanol–water partition coefficient (Wildman–Crippen LogP) is 1.13. The second-order valence-corrected chi connectivity index (χ2v) is 3.92. The minimum absolute atomic E-state index is 0.00546. The van der Waals surface area contributed by atoms with Crippen molar-refractivity contribution in [3.63, 3.8) is 0 Å². The van der Waals surface area contributed by atoms with Gasteiger partial charge in [-0.25, -0.2) is 4.98 Å². The summed E-state index contributed by atoms with van der Waals surface area (Å²) in [4.78, 5) is 16.1. The molecular weight excluding hydrogens is 216 g/mol. The standard InChI is InChI=1S/C12H14N4O/c1-8-9(4-3-5-10(8)13)11(17)6-12-14-7-15-16(12)2/h3-5,7H,6,13H2,1-2H3. The number of hydrogen-bond acceptors (Lipinski definition) is 4. The normalized spacial score (nSPS) is 10.5. The van der Waals surface area contributed by atoms with Gasteiger partial charge in [0.25, 0.3) is 0 Å². The molecular formula is C12H14N4O.